The first kappa shape index (κ1) is 23.0. The van der Waals surface area contributed by atoms with E-state index in [0.29, 0.717) is 27.6 Å². The summed E-state index contributed by atoms with van der Waals surface area (Å²) in [4.78, 5) is 38.9. The Morgan fingerprint density at radius 2 is 1.79 bits per heavy atom. The second kappa shape index (κ2) is 9.76. The number of amides is 4. The van der Waals surface area contributed by atoms with E-state index in [1.54, 1.807) is 36.4 Å². The molecular formula is C25H18ClFN2O5. The molecular weight excluding hydrogens is 463 g/mol. The highest BCUT2D eigenvalue weighted by atomic mass is 35.5. The molecule has 0 aromatic heterocycles. The number of barbiturate groups is 1. The van der Waals surface area contributed by atoms with E-state index >= 15 is 0 Å². The third-order valence-corrected chi connectivity index (χ3v) is 5.22. The molecule has 1 fully saturated rings. The fourth-order valence-corrected chi connectivity index (χ4v) is 3.51. The van der Waals surface area contributed by atoms with Gasteiger partial charge in [0.05, 0.1) is 12.8 Å². The Morgan fingerprint density at radius 3 is 2.50 bits per heavy atom. The van der Waals surface area contributed by atoms with Crippen LogP contribution in [0.5, 0.6) is 11.5 Å². The number of carbonyl (C=O) groups is 3. The lowest BCUT2D eigenvalue weighted by Crippen LogP contribution is -2.54. The van der Waals surface area contributed by atoms with Crippen molar-refractivity contribution in [1.82, 2.24) is 5.32 Å². The van der Waals surface area contributed by atoms with Gasteiger partial charge in [-0.15, -0.1) is 0 Å². The van der Waals surface area contributed by atoms with Crippen molar-refractivity contribution in [1.29, 1.82) is 0 Å². The Labute approximate surface area is 199 Å². The molecule has 0 spiro atoms. The highest BCUT2D eigenvalue weighted by Crippen LogP contribution is 2.29. The van der Waals surface area contributed by atoms with E-state index in [0.717, 1.165) is 4.90 Å². The molecule has 0 radical (unpaired) electrons. The van der Waals surface area contributed by atoms with Crippen molar-refractivity contribution < 1.29 is 28.2 Å². The van der Waals surface area contributed by atoms with Crippen molar-refractivity contribution in [2.75, 3.05) is 12.0 Å². The van der Waals surface area contributed by atoms with Crippen molar-refractivity contribution in [3.05, 3.63) is 94.3 Å². The maximum absolute atomic E-state index is 13.5. The number of rotatable bonds is 6. The molecule has 172 valence electrons. The summed E-state index contributed by atoms with van der Waals surface area (Å²) < 4.78 is 24.4. The Morgan fingerprint density at radius 1 is 1.03 bits per heavy atom. The topological polar surface area (TPSA) is 84.9 Å². The van der Waals surface area contributed by atoms with Crippen LogP contribution in [-0.4, -0.2) is 25.0 Å². The van der Waals surface area contributed by atoms with Gasteiger partial charge in [0, 0.05) is 10.6 Å². The fraction of sp³-hybridized carbons (Fsp3) is 0.0800. The zero-order valence-corrected chi connectivity index (χ0v) is 18.6. The van der Waals surface area contributed by atoms with Crippen molar-refractivity contribution in [3.63, 3.8) is 0 Å². The minimum atomic E-state index is -0.869. The van der Waals surface area contributed by atoms with Gasteiger partial charge in [0.1, 0.15) is 29.5 Å². The number of imide groups is 2. The van der Waals surface area contributed by atoms with Gasteiger partial charge in [0.2, 0.25) is 0 Å². The van der Waals surface area contributed by atoms with Gasteiger partial charge in [-0.2, -0.15) is 0 Å². The van der Waals surface area contributed by atoms with Gasteiger partial charge in [-0.1, -0.05) is 23.7 Å². The zero-order valence-electron chi connectivity index (χ0n) is 17.9. The molecule has 4 rings (SSSR count). The summed E-state index contributed by atoms with van der Waals surface area (Å²) in [5, 5.41) is 2.51. The molecule has 1 N–H and O–H groups in total. The van der Waals surface area contributed by atoms with Crippen LogP contribution in [0.15, 0.2) is 72.3 Å². The van der Waals surface area contributed by atoms with Gasteiger partial charge >= 0.3 is 6.03 Å². The third kappa shape index (κ3) is 4.92. The molecule has 34 heavy (non-hydrogen) atoms. The van der Waals surface area contributed by atoms with Crippen LogP contribution in [0.2, 0.25) is 5.02 Å². The number of urea groups is 1. The Kier molecular flexibility index (Phi) is 6.60. The van der Waals surface area contributed by atoms with Gasteiger partial charge in [-0.05, 0) is 66.2 Å². The van der Waals surface area contributed by atoms with Crippen LogP contribution in [0.25, 0.3) is 6.08 Å². The largest absolute Gasteiger partial charge is 0.497 e. The Bertz CT molecular complexity index is 1310. The van der Waals surface area contributed by atoms with Crippen molar-refractivity contribution in [3.8, 4) is 11.5 Å². The van der Waals surface area contributed by atoms with E-state index < -0.39 is 23.7 Å². The van der Waals surface area contributed by atoms with E-state index in [-0.39, 0.29) is 17.9 Å². The number of hydrogen-bond donors (Lipinski definition) is 1. The molecule has 0 unspecified atom stereocenters. The number of ether oxygens (including phenoxy) is 2. The van der Waals surface area contributed by atoms with Crippen molar-refractivity contribution >= 4 is 41.2 Å². The summed E-state index contributed by atoms with van der Waals surface area (Å²) in [6, 6.07) is 16.0. The van der Waals surface area contributed by atoms with Gasteiger partial charge < -0.3 is 9.47 Å². The average molecular weight is 481 g/mol. The normalized spacial score (nSPS) is 14.9. The second-order valence-corrected chi connectivity index (χ2v) is 7.69. The summed E-state index contributed by atoms with van der Waals surface area (Å²) in [7, 11) is 1.49. The summed E-state index contributed by atoms with van der Waals surface area (Å²) in [6.45, 7) is 0.0478. The average Bonchev–Trinajstić information content (AvgIpc) is 2.81. The number of nitrogens with zero attached hydrogens (tertiary/aromatic N) is 1. The van der Waals surface area contributed by atoms with Gasteiger partial charge in [0.25, 0.3) is 11.8 Å². The predicted molar refractivity (Wildman–Crippen MR) is 124 cm³/mol. The van der Waals surface area contributed by atoms with Crippen LogP contribution in [0.1, 0.15) is 11.1 Å². The second-order valence-electron chi connectivity index (χ2n) is 7.26. The fourth-order valence-electron chi connectivity index (χ4n) is 3.33. The van der Waals surface area contributed by atoms with Crippen molar-refractivity contribution in [2.24, 2.45) is 0 Å². The number of hydrogen-bond acceptors (Lipinski definition) is 5. The lowest BCUT2D eigenvalue weighted by atomic mass is 10.1. The number of carbonyl (C=O) groups excluding carboxylic acids is 3. The Balaban J connectivity index is 1.66. The SMILES string of the molecule is COc1ccc(N2C(=O)NC(=O)/C(=C\c3cc(Cl)ccc3OCc3cccc(F)c3)C2=O)cc1. The number of methoxy groups -OCH3 is 1. The molecule has 1 aliphatic heterocycles. The minimum absolute atomic E-state index is 0.0478. The highest BCUT2D eigenvalue weighted by Gasteiger charge is 2.37. The molecule has 1 heterocycles. The maximum Gasteiger partial charge on any atom is 0.335 e. The quantitative estimate of drug-likeness (QED) is 0.407. The highest BCUT2D eigenvalue weighted by molar-refractivity contribution is 6.39. The van der Waals surface area contributed by atoms with Gasteiger partial charge in [0.15, 0.2) is 0 Å². The number of halogens is 2. The predicted octanol–water partition coefficient (Wildman–Crippen LogP) is 4.73. The van der Waals surface area contributed by atoms with Crippen LogP contribution >= 0.6 is 11.6 Å². The summed E-state index contributed by atoms with van der Waals surface area (Å²) >= 11 is 6.13. The molecule has 0 aliphatic carbocycles. The van der Waals surface area contributed by atoms with E-state index in [2.05, 4.69) is 5.32 Å². The maximum atomic E-state index is 13.5. The van der Waals surface area contributed by atoms with E-state index in [1.165, 1.54) is 43.5 Å². The van der Waals surface area contributed by atoms with Crippen LogP contribution in [0.3, 0.4) is 0 Å². The molecule has 0 saturated carbocycles. The summed E-state index contributed by atoms with van der Waals surface area (Å²) in [5.74, 6) is -1.20. The van der Waals surface area contributed by atoms with Crippen LogP contribution in [-0.2, 0) is 16.2 Å². The smallest absolute Gasteiger partial charge is 0.335 e. The number of nitrogens with one attached hydrogen (secondary N) is 1. The number of benzene rings is 3. The first-order chi connectivity index (χ1) is 16.4. The van der Waals surface area contributed by atoms with Gasteiger partial charge in [-0.3, -0.25) is 14.9 Å². The first-order valence-electron chi connectivity index (χ1n) is 10.1. The molecule has 3 aromatic rings. The first-order valence-corrected chi connectivity index (χ1v) is 10.5. The summed E-state index contributed by atoms with van der Waals surface area (Å²) in [6.07, 6.45) is 1.30. The van der Waals surface area contributed by atoms with Crippen LogP contribution in [0, 0.1) is 5.82 Å². The number of anilines is 1. The van der Waals surface area contributed by atoms with E-state index in [1.807, 2.05) is 0 Å². The lowest BCUT2D eigenvalue weighted by Gasteiger charge is -2.26. The molecule has 1 saturated heterocycles. The molecule has 3 aromatic carbocycles. The monoisotopic (exact) mass is 480 g/mol. The summed E-state index contributed by atoms with van der Waals surface area (Å²) in [5.41, 5.74) is 0.909. The third-order valence-electron chi connectivity index (χ3n) is 4.99. The molecule has 0 atom stereocenters. The minimum Gasteiger partial charge on any atom is -0.497 e. The van der Waals surface area contributed by atoms with Crippen LogP contribution in [0.4, 0.5) is 14.9 Å². The molecule has 4 amide bonds. The van der Waals surface area contributed by atoms with Crippen LogP contribution < -0.4 is 19.7 Å². The molecule has 1 aliphatic rings. The van der Waals surface area contributed by atoms with Crippen molar-refractivity contribution in [2.45, 2.75) is 6.61 Å². The van der Waals surface area contributed by atoms with E-state index in [4.69, 9.17) is 21.1 Å². The lowest BCUT2D eigenvalue weighted by molar-refractivity contribution is -0.122. The Hall–Kier alpha value is -4.17. The molecule has 7 nitrogen and oxygen atoms in total. The molecule has 9 heteroatoms. The zero-order chi connectivity index (χ0) is 24.2. The standard InChI is InChI=1S/C25H18ClFN2O5/c1-33-20-8-6-19(7-9-20)29-24(31)21(23(30)28-25(29)32)13-16-12-17(26)5-10-22(16)34-14-15-3-2-4-18(27)11-15/h2-13H,14H2,1H3,(H,28,30,32)/b21-13+. The molecule has 0 bridgehead atoms. The van der Waals surface area contributed by atoms with E-state index in [9.17, 15) is 18.8 Å². The van der Waals surface area contributed by atoms with Gasteiger partial charge in [-0.25, -0.2) is 14.1 Å².